The monoisotopic (exact) mass is 306 g/mol. The van der Waals surface area contributed by atoms with Gasteiger partial charge in [-0.15, -0.1) is 5.10 Å². The number of carbonyl (C=O) groups is 1. The maximum absolute atomic E-state index is 12.4. The fraction of sp³-hybridized carbons (Fsp3) is 0.812. The van der Waals surface area contributed by atoms with Crippen LogP contribution in [0.2, 0.25) is 0 Å². The summed E-state index contributed by atoms with van der Waals surface area (Å²) in [5.74, 6) is 0.759. The molecule has 1 saturated heterocycles. The number of hydrogen-bond donors (Lipinski definition) is 0. The molecule has 0 N–H and O–H groups in total. The predicted octanol–water partition coefficient (Wildman–Crippen LogP) is 2.11. The van der Waals surface area contributed by atoms with Gasteiger partial charge in [0, 0.05) is 20.2 Å². The van der Waals surface area contributed by atoms with Gasteiger partial charge < -0.3 is 9.64 Å². The predicted molar refractivity (Wildman–Crippen MR) is 82.5 cm³/mol. The van der Waals surface area contributed by atoms with Crippen LogP contribution in [-0.4, -0.2) is 52.1 Å². The van der Waals surface area contributed by atoms with Gasteiger partial charge in [-0.1, -0.05) is 37.3 Å². The molecular formula is C16H26N4O2. The molecule has 6 heteroatoms. The Morgan fingerprint density at radius 2 is 2.18 bits per heavy atom. The summed E-state index contributed by atoms with van der Waals surface area (Å²) in [5.41, 5.74) is 0.443. The molecule has 1 aromatic rings. The molecule has 1 saturated carbocycles. The molecule has 1 atom stereocenters. The summed E-state index contributed by atoms with van der Waals surface area (Å²) < 4.78 is 7.16. The van der Waals surface area contributed by atoms with Gasteiger partial charge in [0.25, 0.3) is 5.91 Å². The molecule has 0 radical (unpaired) electrons. The summed E-state index contributed by atoms with van der Waals surface area (Å²) in [6.07, 6.45) is 10.6. The SMILES string of the molecule is CN(C(=O)c1cn(CCC2CCCCC2)nn1)C1CCOC1. The van der Waals surface area contributed by atoms with E-state index in [1.54, 1.807) is 11.1 Å². The van der Waals surface area contributed by atoms with Gasteiger partial charge in [-0.05, 0) is 18.8 Å². The van der Waals surface area contributed by atoms with Gasteiger partial charge in [-0.2, -0.15) is 0 Å². The Labute approximate surface area is 131 Å². The van der Waals surface area contributed by atoms with E-state index in [-0.39, 0.29) is 11.9 Å². The van der Waals surface area contributed by atoms with Gasteiger partial charge in [0.15, 0.2) is 5.69 Å². The number of aryl methyl sites for hydroxylation is 1. The molecule has 1 aliphatic carbocycles. The number of hydrogen-bond acceptors (Lipinski definition) is 4. The lowest BCUT2D eigenvalue weighted by Gasteiger charge is -2.21. The van der Waals surface area contributed by atoms with E-state index in [4.69, 9.17) is 4.74 Å². The minimum atomic E-state index is -0.0561. The quantitative estimate of drug-likeness (QED) is 0.836. The van der Waals surface area contributed by atoms with Gasteiger partial charge in [-0.25, -0.2) is 0 Å². The summed E-state index contributed by atoms with van der Waals surface area (Å²) in [7, 11) is 1.82. The summed E-state index contributed by atoms with van der Waals surface area (Å²) in [5, 5.41) is 8.17. The lowest BCUT2D eigenvalue weighted by molar-refractivity contribution is 0.0705. The molecule has 0 aromatic carbocycles. The van der Waals surface area contributed by atoms with Crippen LogP contribution in [0, 0.1) is 5.92 Å². The number of amides is 1. The normalized spacial score (nSPS) is 22.9. The molecule has 1 aliphatic heterocycles. The van der Waals surface area contributed by atoms with Crippen molar-refractivity contribution in [2.24, 2.45) is 5.92 Å². The number of nitrogens with zero attached hydrogens (tertiary/aromatic N) is 4. The van der Waals surface area contributed by atoms with Crippen LogP contribution in [0.4, 0.5) is 0 Å². The van der Waals surface area contributed by atoms with Crippen LogP contribution in [0.15, 0.2) is 6.20 Å². The second-order valence-corrected chi connectivity index (χ2v) is 6.59. The number of likely N-dealkylation sites (N-methyl/N-ethyl adjacent to an activating group) is 1. The minimum Gasteiger partial charge on any atom is -0.379 e. The van der Waals surface area contributed by atoms with Crippen molar-refractivity contribution in [3.05, 3.63) is 11.9 Å². The van der Waals surface area contributed by atoms with Crippen molar-refractivity contribution in [1.29, 1.82) is 0 Å². The fourth-order valence-electron chi connectivity index (χ4n) is 3.47. The molecule has 2 aliphatic rings. The first-order valence-electron chi connectivity index (χ1n) is 8.49. The summed E-state index contributed by atoms with van der Waals surface area (Å²) in [6.45, 7) is 2.22. The third-order valence-corrected chi connectivity index (χ3v) is 5.02. The second kappa shape index (κ2) is 7.22. The molecular weight excluding hydrogens is 280 g/mol. The topological polar surface area (TPSA) is 60.2 Å². The highest BCUT2D eigenvalue weighted by Gasteiger charge is 2.26. The Morgan fingerprint density at radius 1 is 1.36 bits per heavy atom. The zero-order valence-electron chi connectivity index (χ0n) is 13.4. The maximum atomic E-state index is 12.4. The van der Waals surface area contributed by atoms with Crippen LogP contribution >= 0.6 is 0 Å². The summed E-state index contributed by atoms with van der Waals surface area (Å²) in [6, 6.07) is 0.167. The molecule has 2 fully saturated rings. The standard InChI is InChI=1S/C16H26N4O2/c1-19(14-8-10-22-12-14)16(21)15-11-20(18-17-15)9-7-13-5-3-2-4-6-13/h11,13-14H,2-10,12H2,1H3. The smallest absolute Gasteiger partial charge is 0.276 e. The van der Waals surface area contributed by atoms with E-state index in [9.17, 15) is 4.79 Å². The highest BCUT2D eigenvalue weighted by Crippen LogP contribution is 2.26. The van der Waals surface area contributed by atoms with Crippen molar-refractivity contribution in [2.45, 2.75) is 57.5 Å². The van der Waals surface area contributed by atoms with E-state index >= 15 is 0 Å². The van der Waals surface area contributed by atoms with Crippen molar-refractivity contribution >= 4 is 5.91 Å². The van der Waals surface area contributed by atoms with E-state index in [0.717, 1.165) is 31.9 Å². The van der Waals surface area contributed by atoms with Crippen molar-refractivity contribution in [1.82, 2.24) is 19.9 Å². The van der Waals surface area contributed by atoms with Gasteiger partial charge in [-0.3, -0.25) is 9.48 Å². The van der Waals surface area contributed by atoms with Gasteiger partial charge in [0.1, 0.15) is 0 Å². The molecule has 3 rings (SSSR count). The number of ether oxygens (including phenoxy) is 1. The summed E-state index contributed by atoms with van der Waals surface area (Å²) in [4.78, 5) is 14.1. The Bertz CT molecular complexity index is 490. The van der Waals surface area contributed by atoms with Crippen molar-refractivity contribution in [3.63, 3.8) is 0 Å². The van der Waals surface area contributed by atoms with Crippen LogP contribution in [0.1, 0.15) is 55.4 Å². The van der Waals surface area contributed by atoms with Crippen molar-refractivity contribution in [3.8, 4) is 0 Å². The number of carbonyl (C=O) groups excluding carboxylic acids is 1. The molecule has 1 aromatic heterocycles. The Hall–Kier alpha value is -1.43. The Kier molecular flexibility index (Phi) is 5.08. The Morgan fingerprint density at radius 3 is 2.91 bits per heavy atom. The number of rotatable bonds is 5. The van der Waals surface area contributed by atoms with Gasteiger partial charge in [0.2, 0.25) is 0 Å². The number of aromatic nitrogens is 3. The van der Waals surface area contributed by atoms with Crippen molar-refractivity contribution < 1.29 is 9.53 Å². The van der Waals surface area contributed by atoms with Gasteiger partial charge in [0.05, 0.1) is 18.8 Å². The first-order chi connectivity index (χ1) is 10.7. The van der Waals surface area contributed by atoms with Crippen LogP contribution < -0.4 is 0 Å². The fourth-order valence-corrected chi connectivity index (χ4v) is 3.47. The third kappa shape index (κ3) is 3.66. The average Bonchev–Trinajstić information content (AvgIpc) is 3.24. The molecule has 2 heterocycles. The molecule has 0 spiro atoms. The minimum absolute atomic E-state index is 0.0561. The first kappa shape index (κ1) is 15.5. The van der Waals surface area contributed by atoms with Gasteiger partial charge >= 0.3 is 0 Å². The Balaban J connectivity index is 1.52. The van der Waals surface area contributed by atoms with E-state index < -0.39 is 0 Å². The van der Waals surface area contributed by atoms with Crippen LogP contribution in [-0.2, 0) is 11.3 Å². The molecule has 122 valence electrons. The molecule has 0 bridgehead atoms. The molecule has 1 amide bonds. The van der Waals surface area contributed by atoms with Crippen LogP contribution in [0.5, 0.6) is 0 Å². The van der Waals surface area contributed by atoms with Crippen LogP contribution in [0.3, 0.4) is 0 Å². The first-order valence-corrected chi connectivity index (χ1v) is 8.49. The molecule has 22 heavy (non-hydrogen) atoms. The molecule has 1 unspecified atom stereocenters. The highest BCUT2D eigenvalue weighted by atomic mass is 16.5. The average molecular weight is 306 g/mol. The second-order valence-electron chi connectivity index (χ2n) is 6.59. The molecule has 6 nitrogen and oxygen atoms in total. The van der Waals surface area contributed by atoms with Crippen LogP contribution in [0.25, 0.3) is 0 Å². The lowest BCUT2D eigenvalue weighted by Crippen LogP contribution is -2.37. The highest BCUT2D eigenvalue weighted by molar-refractivity contribution is 5.91. The summed E-state index contributed by atoms with van der Waals surface area (Å²) >= 11 is 0. The zero-order chi connectivity index (χ0) is 15.4. The van der Waals surface area contributed by atoms with Crippen molar-refractivity contribution in [2.75, 3.05) is 20.3 Å². The maximum Gasteiger partial charge on any atom is 0.276 e. The zero-order valence-corrected chi connectivity index (χ0v) is 13.4. The van der Waals surface area contributed by atoms with E-state index in [1.807, 2.05) is 11.7 Å². The van der Waals surface area contributed by atoms with E-state index in [0.29, 0.717) is 12.3 Å². The lowest BCUT2D eigenvalue weighted by atomic mass is 9.87. The van der Waals surface area contributed by atoms with E-state index in [1.165, 1.54) is 32.1 Å². The third-order valence-electron chi connectivity index (χ3n) is 5.02. The van der Waals surface area contributed by atoms with E-state index in [2.05, 4.69) is 10.3 Å². The largest absolute Gasteiger partial charge is 0.379 e.